The van der Waals surface area contributed by atoms with Crippen LogP contribution in [-0.4, -0.2) is 50.8 Å². The fraction of sp³-hybridized carbons (Fsp3) is 0.481. The van der Waals surface area contributed by atoms with E-state index in [1.807, 2.05) is 17.0 Å². The van der Waals surface area contributed by atoms with Gasteiger partial charge in [0.1, 0.15) is 12.4 Å². The third-order valence-electron chi connectivity index (χ3n) is 6.39. The van der Waals surface area contributed by atoms with Crippen molar-refractivity contribution in [2.75, 3.05) is 34.0 Å². The molecule has 0 N–H and O–H groups in total. The second-order valence-electron chi connectivity index (χ2n) is 8.27. The van der Waals surface area contributed by atoms with Gasteiger partial charge in [0, 0.05) is 12.5 Å². The summed E-state index contributed by atoms with van der Waals surface area (Å²) in [5.41, 5.74) is 2.60. The van der Waals surface area contributed by atoms with Gasteiger partial charge in [-0.15, -0.1) is 0 Å². The first-order chi connectivity index (χ1) is 16.5. The van der Waals surface area contributed by atoms with E-state index in [0.29, 0.717) is 36.0 Å². The maximum atomic E-state index is 13.4. The van der Waals surface area contributed by atoms with Crippen molar-refractivity contribution >= 4 is 11.9 Å². The monoisotopic (exact) mass is 469 g/mol. The number of hydrogen-bond donors (Lipinski definition) is 0. The highest BCUT2D eigenvalue weighted by Gasteiger charge is 2.35. The first-order valence-corrected chi connectivity index (χ1v) is 11.9. The molecule has 1 aliphatic rings. The van der Waals surface area contributed by atoms with Gasteiger partial charge >= 0.3 is 5.97 Å². The van der Waals surface area contributed by atoms with Gasteiger partial charge in [0.2, 0.25) is 5.91 Å². The topological polar surface area (TPSA) is 74.3 Å². The molecule has 3 rings (SSSR count). The minimum absolute atomic E-state index is 0.0203. The van der Waals surface area contributed by atoms with Crippen molar-refractivity contribution in [1.29, 1.82) is 0 Å². The van der Waals surface area contributed by atoms with Crippen LogP contribution in [0, 0.1) is 5.92 Å². The number of hydrogen-bond acceptors (Lipinski definition) is 6. The highest BCUT2D eigenvalue weighted by atomic mass is 16.5. The van der Waals surface area contributed by atoms with E-state index in [0.717, 1.165) is 30.4 Å². The predicted molar refractivity (Wildman–Crippen MR) is 130 cm³/mol. The molecular weight excluding hydrogens is 434 g/mol. The van der Waals surface area contributed by atoms with Crippen LogP contribution in [-0.2, 0) is 16.0 Å². The Balaban J connectivity index is 1.89. The number of benzene rings is 2. The Bertz CT molecular complexity index is 983. The maximum Gasteiger partial charge on any atom is 0.338 e. The second-order valence-corrected chi connectivity index (χ2v) is 8.27. The van der Waals surface area contributed by atoms with Crippen molar-refractivity contribution in [3.63, 3.8) is 0 Å². The summed E-state index contributed by atoms with van der Waals surface area (Å²) in [7, 11) is 3.23. The summed E-state index contributed by atoms with van der Waals surface area (Å²) in [5, 5.41) is 0. The molecule has 0 spiro atoms. The Morgan fingerprint density at radius 2 is 1.65 bits per heavy atom. The molecule has 0 bridgehead atoms. The van der Waals surface area contributed by atoms with Gasteiger partial charge in [0.05, 0.1) is 32.4 Å². The Morgan fingerprint density at radius 3 is 2.24 bits per heavy atom. The molecule has 7 nitrogen and oxygen atoms in total. The van der Waals surface area contributed by atoms with Crippen LogP contribution in [0.4, 0.5) is 0 Å². The molecule has 1 heterocycles. The number of ether oxygens (including phenoxy) is 4. The molecule has 0 saturated carbocycles. The van der Waals surface area contributed by atoms with Gasteiger partial charge in [-0.2, -0.15) is 0 Å². The summed E-state index contributed by atoms with van der Waals surface area (Å²) in [6.07, 6.45) is 2.34. The van der Waals surface area contributed by atoms with E-state index in [4.69, 9.17) is 18.9 Å². The summed E-state index contributed by atoms with van der Waals surface area (Å²) < 4.78 is 22.2. The normalized spacial score (nSPS) is 15.0. The minimum atomic E-state index is -0.363. The van der Waals surface area contributed by atoms with Gasteiger partial charge in [-0.1, -0.05) is 13.8 Å². The zero-order valence-electron chi connectivity index (χ0n) is 20.8. The van der Waals surface area contributed by atoms with E-state index in [2.05, 4.69) is 13.8 Å². The third kappa shape index (κ3) is 5.46. The zero-order valence-corrected chi connectivity index (χ0v) is 20.8. The first kappa shape index (κ1) is 25.4. The lowest BCUT2D eigenvalue weighted by atomic mass is 9.90. The van der Waals surface area contributed by atoms with Crippen molar-refractivity contribution in [3.05, 3.63) is 53.1 Å². The average molecular weight is 470 g/mol. The lowest BCUT2D eigenvalue weighted by Gasteiger charge is -2.39. The lowest BCUT2D eigenvalue weighted by molar-refractivity contribution is -0.139. The van der Waals surface area contributed by atoms with Gasteiger partial charge < -0.3 is 23.8 Å². The largest absolute Gasteiger partial charge is 0.493 e. The summed E-state index contributed by atoms with van der Waals surface area (Å²) in [5.74, 6) is 1.69. The van der Waals surface area contributed by atoms with Crippen LogP contribution in [0.5, 0.6) is 17.2 Å². The number of rotatable bonds is 10. The van der Waals surface area contributed by atoms with E-state index in [1.54, 1.807) is 45.4 Å². The molecule has 0 radical (unpaired) electrons. The quantitative estimate of drug-likeness (QED) is 0.465. The molecule has 1 atom stereocenters. The molecule has 0 aliphatic carbocycles. The highest BCUT2D eigenvalue weighted by Crippen LogP contribution is 2.39. The minimum Gasteiger partial charge on any atom is -0.493 e. The molecule has 34 heavy (non-hydrogen) atoms. The van der Waals surface area contributed by atoms with Crippen molar-refractivity contribution in [2.24, 2.45) is 5.92 Å². The maximum absolute atomic E-state index is 13.4. The number of carbonyl (C=O) groups is 2. The van der Waals surface area contributed by atoms with Crippen molar-refractivity contribution in [2.45, 2.75) is 46.1 Å². The highest BCUT2D eigenvalue weighted by molar-refractivity contribution is 5.89. The molecule has 0 aromatic heterocycles. The Morgan fingerprint density at radius 1 is 1.00 bits per heavy atom. The molecule has 0 fully saturated rings. The molecule has 7 heteroatoms. The Labute approximate surface area is 201 Å². The molecular formula is C27H35NO6. The fourth-order valence-corrected chi connectivity index (χ4v) is 4.42. The predicted octanol–water partition coefficient (Wildman–Crippen LogP) is 4.82. The summed E-state index contributed by atoms with van der Waals surface area (Å²) in [6, 6.07) is 10.6. The molecule has 1 amide bonds. The van der Waals surface area contributed by atoms with E-state index < -0.39 is 0 Å². The summed E-state index contributed by atoms with van der Waals surface area (Å²) in [4.78, 5) is 27.3. The van der Waals surface area contributed by atoms with Crippen LogP contribution in [0.15, 0.2) is 36.4 Å². The van der Waals surface area contributed by atoms with Crippen molar-refractivity contribution in [1.82, 2.24) is 4.90 Å². The van der Waals surface area contributed by atoms with Gasteiger partial charge in [-0.05, 0) is 73.7 Å². The van der Waals surface area contributed by atoms with E-state index in [9.17, 15) is 9.59 Å². The zero-order chi connectivity index (χ0) is 24.7. The number of methoxy groups -OCH3 is 2. The fourth-order valence-electron chi connectivity index (χ4n) is 4.42. The number of carbonyl (C=O) groups excluding carboxylic acids is 2. The van der Waals surface area contributed by atoms with Crippen LogP contribution in [0.3, 0.4) is 0 Å². The van der Waals surface area contributed by atoms with Gasteiger partial charge in [0.25, 0.3) is 0 Å². The van der Waals surface area contributed by atoms with Crippen molar-refractivity contribution < 1.29 is 28.5 Å². The van der Waals surface area contributed by atoms with Gasteiger partial charge in [-0.3, -0.25) is 4.79 Å². The van der Waals surface area contributed by atoms with Crippen molar-refractivity contribution in [3.8, 4) is 17.2 Å². The number of fused-ring (bicyclic) bond motifs is 1. The number of amides is 1. The standard InChI is InChI=1S/C27H35NO6/c1-6-18(7-2)26(29)28-14-13-20-15-24(31-4)25(32-5)16-22(20)23(28)17-34-21-11-9-19(10-12-21)27(30)33-8-3/h9-12,15-16,18,23H,6-8,13-14,17H2,1-5H3. The van der Waals surface area contributed by atoms with E-state index >= 15 is 0 Å². The van der Waals surface area contributed by atoms with Crippen LogP contribution in [0.25, 0.3) is 0 Å². The third-order valence-corrected chi connectivity index (χ3v) is 6.39. The van der Waals surface area contributed by atoms with Gasteiger partial charge in [-0.25, -0.2) is 4.79 Å². The lowest BCUT2D eigenvalue weighted by Crippen LogP contribution is -2.45. The van der Waals surface area contributed by atoms with Crippen LogP contribution in [0.1, 0.15) is 61.1 Å². The molecule has 0 saturated heterocycles. The first-order valence-electron chi connectivity index (χ1n) is 11.9. The Hall–Kier alpha value is -3.22. The van der Waals surface area contributed by atoms with E-state index in [1.165, 1.54) is 0 Å². The molecule has 1 aliphatic heterocycles. The number of nitrogens with zero attached hydrogens (tertiary/aromatic N) is 1. The van der Waals surface area contributed by atoms with Crippen LogP contribution >= 0.6 is 0 Å². The van der Waals surface area contributed by atoms with E-state index in [-0.39, 0.29) is 30.4 Å². The molecule has 2 aromatic carbocycles. The smallest absolute Gasteiger partial charge is 0.338 e. The van der Waals surface area contributed by atoms with Crippen LogP contribution in [0.2, 0.25) is 0 Å². The Kier molecular flexibility index (Phi) is 8.79. The second kappa shape index (κ2) is 11.8. The summed E-state index contributed by atoms with van der Waals surface area (Å²) in [6.45, 7) is 7.10. The van der Waals surface area contributed by atoms with Gasteiger partial charge in [0.15, 0.2) is 11.5 Å². The molecule has 1 unspecified atom stereocenters. The number of esters is 1. The SMILES string of the molecule is CCOC(=O)c1ccc(OCC2c3cc(OC)c(OC)cc3CCN2C(=O)C(CC)CC)cc1. The average Bonchev–Trinajstić information content (AvgIpc) is 2.87. The molecule has 2 aromatic rings. The molecule has 184 valence electrons. The van der Waals surface area contributed by atoms with Crippen LogP contribution < -0.4 is 14.2 Å². The summed E-state index contributed by atoms with van der Waals surface area (Å²) >= 11 is 0.